The van der Waals surface area contributed by atoms with Crippen molar-refractivity contribution >= 4 is 11.7 Å². The molecule has 0 heterocycles. The van der Waals surface area contributed by atoms with Gasteiger partial charge in [-0.2, -0.15) is 0 Å². The molecule has 0 fully saturated rings. The Balaban J connectivity index is 2.72. The fourth-order valence-corrected chi connectivity index (χ4v) is 1.87. The van der Waals surface area contributed by atoms with Gasteiger partial charge >= 0.3 is 6.03 Å². The van der Waals surface area contributed by atoms with E-state index in [2.05, 4.69) is 10.6 Å². The number of rotatable bonds is 5. The summed E-state index contributed by atoms with van der Waals surface area (Å²) in [5.74, 6) is 0. The lowest BCUT2D eigenvalue weighted by Crippen LogP contribution is -2.48. The highest BCUT2D eigenvalue weighted by Crippen LogP contribution is 2.18. The van der Waals surface area contributed by atoms with Crippen LogP contribution in [0.25, 0.3) is 0 Å². The number of aliphatic hydroxyl groups is 1. The molecule has 1 aromatic carbocycles. The van der Waals surface area contributed by atoms with Crippen LogP contribution in [0.1, 0.15) is 37.8 Å². The number of benzene rings is 1. The molecule has 1 atom stereocenters. The van der Waals surface area contributed by atoms with Gasteiger partial charge in [-0.3, -0.25) is 0 Å². The maximum atomic E-state index is 12.0. The largest absolute Gasteiger partial charge is 0.396 e. The van der Waals surface area contributed by atoms with Gasteiger partial charge in [-0.25, -0.2) is 4.79 Å². The van der Waals surface area contributed by atoms with E-state index in [1.165, 1.54) is 0 Å². The monoisotopic (exact) mass is 264 g/mol. The average Bonchev–Trinajstić information content (AvgIpc) is 2.34. The number of aryl methyl sites for hydroxylation is 2. The van der Waals surface area contributed by atoms with Gasteiger partial charge in [0.15, 0.2) is 0 Å². The summed E-state index contributed by atoms with van der Waals surface area (Å²) in [6, 6.07) is 5.72. The molecule has 0 aliphatic carbocycles. The number of carbonyl (C=O) groups excluding carboxylic acids is 1. The van der Waals surface area contributed by atoms with E-state index in [0.29, 0.717) is 6.42 Å². The van der Waals surface area contributed by atoms with Crippen LogP contribution < -0.4 is 10.6 Å². The van der Waals surface area contributed by atoms with Crippen molar-refractivity contribution in [2.45, 2.75) is 46.1 Å². The van der Waals surface area contributed by atoms with E-state index in [1.807, 2.05) is 45.9 Å². The summed E-state index contributed by atoms with van der Waals surface area (Å²) >= 11 is 0. The summed E-state index contributed by atoms with van der Waals surface area (Å²) in [6.07, 6.45) is 1.32. The summed E-state index contributed by atoms with van der Waals surface area (Å²) in [5.41, 5.74) is 2.58. The van der Waals surface area contributed by atoms with Gasteiger partial charge < -0.3 is 15.7 Å². The molecule has 0 bridgehead atoms. The molecule has 0 aliphatic heterocycles. The van der Waals surface area contributed by atoms with Crippen LogP contribution in [0.5, 0.6) is 0 Å². The molecule has 0 saturated carbocycles. The average molecular weight is 264 g/mol. The van der Waals surface area contributed by atoms with Crippen LogP contribution in [0.4, 0.5) is 10.5 Å². The second-order valence-corrected chi connectivity index (χ2v) is 5.29. The topological polar surface area (TPSA) is 61.4 Å². The van der Waals surface area contributed by atoms with Crippen molar-refractivity contribution in [2.24, 2.45) is 0 Å². The highest BCUT2D eigenvalue weighted by atomic mass is 16.3. The fourth-order valence-electron chi connectivity index (χ4n) is 1.87. The van der Waals surface area contributed by atoms with E-state index in [9.17, 15) is 4.79 Å². The van der Waals surface area contributed by atoms with Crippen LogP contribution in [0.3, 0.4) is 0 Å². The first-order valence-electron chi connectivity index (χ1n) is 6.67. The number of hydrogen-bond acceptors (Lipinski definition) is 2. The summed E-state index contributed by atoms with van der Waals surface area (Å²) in [4.78, 5) is 12.0. The lowest BCUT2D eigenvalue weighted by Gasteiger charge is -2.29. The van der Waals surface area contributed by atoms with E-state index in [1.54, 1.807) is 0 Å². The second kappa shape index (κ2) is 6.57. The third-order valence-corrected chi connectivity index (χ3v) is 3.50. The van der Waals surface area contributed by atoms with Crippen molar-refractivity contribution < 1.29 is 9.90 Å². The molecule has 2 amide bonds. The van der Waals surface area contributed by atoms with E-state index in [-0.39, 0.29) is 18.2 Å². The molecule has 0 aromatic heterocycles. The third kappa shape index (κ3) is 4.56. The van der Waals surface area contributed by atoms with Crippen LogP contribution in [0.2, 0.25) is 0 Å². The molecule has 4 nitrogen and oxygen atoms in total. The molecule has 1 rings (SSSR count). The van der Waals surface area contributed by atoms with Gasteiger partial charge in [0, 0.05) is 17.8 Å². The van der Waals surface area contributed by atoms with Crippen molar-refractivity contribution in [1.82, 2.24) is 5.32 Å². The zero-order chi connectivity index (χ0) is 14.5. The van der Waals surface area contributed by atoms with Gasteiger partial charge in [-0.1, -0.05) is 19.1 Å². The highest BCUT2D eigenvalue weighted by Gasteiger charge is 2.23. The summed E-state index contributed by atoms with van der Waals surface area (Å²) in [6.45, 7) is 7.94. The lowest BCUT2D eigenvalue weighted by molar-refractivity contribution is 0.208. The Morgan fingerprint density at radius 3 is 2.63 bits per heavy atom. The van der Waals surface area contributed by atoms with Gasteiger partial charge in [-0.15, -0.1) is 0 Å². The molecular formula is C15H24N2O2. The van der Waals surface area contributed by atoms with Crippen LogP contribution in [-0.4, -0.2) is 23.3 Å². The molecule has 0 aliphatic rings. The van der Waals surface area contributed by atoms with Crippen molar-refractivity contribution in [1.29, 1.82) is 0 Å². The molecular weight excluding hydrogens is 240 g/mol. The Morgan fingerprint density at radius 1 is 1.37 bits per heavy atom. The number of hydrogen-bond donors (Lipinski definition) is 3. The van der Waals surface area contributed by atoms with Crippen LogP contribution >= 0.6 is 0 Å². The van der Waals surface area contributed by atoms with Gasteiger partial charge in [-0.05, 0) is 50.8 Å². The molecule has 3 N–H and O–H groups in total. The fraction of sp³-hybridized carbons (Fsp3) is 0.533. The Labute approximate surface area is 115 Å². The van der Waals surface area contributed by atoms with Gasteiger partial charge in [0.2, 0.25) is 0 Å². The predicted molar refractivity (Wildman–Crippen MR) is 78.5 cm³/mol. The molecule has 1 aromatic rings. The van der Waals surface area contributed by atoms with Crippen molar-refractivity contribution in [3.8, 4) is 0 Å². The first-order chi connectivity index (χ1) is 8.90. The van der Waals surface area contributed by atoms with Gasteiger partial charge in [0.25, 0.3) is 0 Å². The minimum atomic E-state index is -0.378. The predicted octanol–water partition coefficient (Wildman–Crippen LogP) is 2.98. The summed E-state index contributed by atoms with van der Waals surface area (Å²) in [5, 5.41) is 14.8. The molecule has 4 heteroatoms. The Hall–Kier alpha value is -1.55. The lowest BCUT2D eigenvalue weighted by atomic mass is 9.95. The number of urea groups is 1. The van der Waals surface area contributed by atoms with Crippen LogP contribution in [-0.2, 0) is 0 Å². The molecule has 106 valence electrons. The van der Waals surface area contributed by atoms with Crippen LogP contribution in [0, 0.1) is 13.8 Å². The molecule has 19 heavy (non-hydrogen) atoms. The second-order valence-electron chi connectivity index (χ2n) is 5.29. The Morgan fingerprint density at radius 2 is 2.05 bits per heavy atom. The number of aliphatic hydroxyl groups excluding tert-OH is 1. The van der Waals surface area contributed by atoms with Gasteiger partial charge in [0.1, 0.15) is 0 Å². The summed E-state index contributed by atoms with van der Waals surface area (Å²) < 4.78 is 0. The zero-order valence-electron chi connectivity index (χ0n) is 12.2. The zero-order valence-corrected chi connectivity index (χ0v) is 12.2. The standard InChI is InChI=1S/C15H24N2O2/c1-5-15(4,8-9-18)17-14(19)16-13-10-11(2)6-7-12(13)3/h6-7,10,18H,5,8-9H2,1-4H3,(H2,16,17,19). The maximum absolute atomic E-state index is 12.0. The first-order valence-corrected chi connectivity index (χ1v) is 6.67. The van der Waals surface area contributed by atoms with Crippen molar-refractivity contribution in [3.63, 3.8) is 0 Å². The number of carbonyl (C=O) groups is 1. The van der Waals surface area contributed by atoms with Crippen molar-refractivity contribution in [2.75, 3.05) is 11.9 Å². The van der Waals surface area contributed by atoms with E-state index in [0.717, 1.165) is 23.2 Å². The smallest absolute Gasteiger partial charge is 0.319 e. The Kier molecular flexibility index (Phi) is 5.36. The Bertz CT molecular complexity index is 446. The van der Waals surface area contributed by atoms with E-state index < -0.39 is 0 Å². The number of anilines is 1. The molecule has 1 unspecified atom stereocenters. The third-order valence-electron chi connectivity index (χ3n) is 3.50. The number of nitrogens with one attached hydrogen (secondary N) is 2. The van der Waals surface area contributed by atoms with Gasteiger partial charge in [0.05, 0.1) is 0 Å². The highest BCUT2D eigenvalue weighted by molar-refractivity contribution is 5.90. The molecule has 0 saturated heterocycles. The summed E-state index contributed by atoms with van der Waals surface area (Å²) in [7, 11) is 0. The molecule has 0 radical (unpaired) electrons. The maximum Gasteiger partial charge on any atom is 0.319 e. The number of amides is 2. The minimum absolute atomic E-state index is 0.0636. The van der Waals surface area contributed by atoms with Crippen molar-refractivity contribution in [3.05, 3.63) is 29.3 Å². The quantitative estimate of drug-likeness (QED) is 0.765. The SMILES string of the molecule is CCC(C)(CCO)NC(=O)Nc1cc(C)ccc1C. The van der Waals surface area contributed by atoms with E-state index in [4.69, 9.17) is 5.11 Å². The minimum Gasteiger partial charge on any atom is -0.396 e. The first kappa shape index (κ1) is 15.5. The normalized spacial score (nSPS) is 13.7. The molecule has 0 spiro atoms. The van der Waals surface area contributed by atoms with E-state index >= 15 is 0 Å². The van der Waals surface area contributed by atoms with Crippen LogP contribution in [0.15, 0.2) is 18.2 Å².